The van der Waals surface area contributed by atoms with Crippen LogP contribution in [0, 0.1) is 0 Å². The fourth-order valence-corrected chi connectivity index (χ4v) is 1.68. The van der Waals surface area contributed by atoms with Gasteiger partial charge in [0.05, 0.1) is 10.0 Å². The monoisotopic (exact) mass is 253 g/mol. The van der Waals surface area contributed by atoms with E-state index in [4.69, 9.17) is 40.5 Å². The molecule has 6 heteroatoms. The molecule has 0 saturated carbocycles. The number of benzene rings is 1. The maximum atomic E-state index is 10.7. The number of carbonyl (C=O) groups excluding carboxylic acids is 1. The van der Waals surface area contributed by atoms with Crippen LogP contribution < -0.4 is 5.73 Å². The van der Waals surface area contributed by atoms with Gasteiger partial charge in [0.2, 0.25) is 0 Å². The second-order valence-electron chi connectivity index (χ2n) is 2.56. The molecule has 3 nitrogen and oxygen atoms in total. The maximum Gasteiger partial charge on any atom is 0.251 e. The van der Waals surface area contributed by atoms with Crippen molar-refractivity contribution in [3.05, 3.63) is 32.8 Å². The number of rotatable bonds is 2. The Balaban J connectivity index is 3.32. The lowest BCUT2D eigenvalue weighted by Gasteiger charge is -2.11. The molecule has 0 spiro atoms. The second-order valence-corrected chi connectivity index (χ2v) is 3.75. The van der Waals surface area contributed by atoms with E-state index >= 15 is 0 Å². The molecule has 1 amide bonds. The molecule has 1 rings (SSSR count). The second kappa shape index (κ2) is 4.36. The van der Waals surface area contributed by atoms with Gasteiger partial charge in [-0.15, -0.1) is 0 Å². The number of aliphatic hydroxyl groups excluding tert-OH is 1. The molecule has 14 heavy (non-hydrogen) atoms. The van der Waals surface area contributed by atoms with E-state index in [-0.39, 0.29) is 20.6 Å². The first-order valence-electron chi connectivity index (χ1n) is 3.56. The summed E-state index contributed by atoms with van der Waals surface area (Å²) in [6, 6.07) is 2.89. The van der Waals surface area contributed by atoms with Crippen LogP contribution in [0.2, 0.25) is 15.1 Å². The molecule has 1 aromatic carbocycles. The fourth-order valence-electron chi connectivity index (χ4n) is 0.936. The Morgan fingerprint density at radius 1 is 1.29 bits per heavy atom. The van der Waals surface area contributed by atoms with Gasteiger partial charge in [0.1, 0.15) is 0 Å². The van der Waals surface area contributed by atoms with Crippen LogP contribution >= 0.6 is 34.8 Å². The van der Waals surface area contributed by atoms with Crippen molar-refractivity contribution in [3.63, 3.8) is 0 Å². The van der Waals surface area contributed by atoms with Crippen LogP contribution in [0.4, 0.5) is 0 Å². The number of carbonyl (C=O) groups is 1. The minimum absolute atomic E-state index is 0.0328. The predicted octanol–water partition coefficient (Wildman–Crippen LogP) is 2.17. The Kier molecular flexibility index (Phi) is 3.61. The Morgan fingerprint density at radius 3 is 2.29 bits per heavy atom. The summed E-state index contributed by atoms with van der Waals surface area (Å²) in [5, 5.41) is 9.76. The third kappa shape index (κ3) is 2.12. The summed E-state index contributed by atoms with van der Waals surface area (Å²) in [6.07, 6.45) is -1.55. The van der Waals surface area contributed by atoms with Crippen LogP contribution in [0.5, 0.6) is 0 Å². The van der Waals surface area contributed by atoms with Gasteiger partial charge >= 0.3 is 0 Å². The lowest BCUT2D eigenvalue weighted by atomic mass is 10.1. The molecule has 0 aromatic heterocycles. The third-order valence-electron chi connectivity index (χ3n) is 1.62. The Labute approximate surface area is 95.4 Å². The molecular formula is C8H6Cl3NO2. The quantitative estimate of drug-likeness (QED) is 0.795. The zero-order valence-corrected chi connectivity index (χ0v) is 9.07. The highest BCUT2D eigenvalue weighted by Crippen LogP contribution is 2.35. The van der Waals surface area contributed by atoms with Crippen molar-refractivity contribution in [2.24, 2.45) is 5.73 Å². The van der Waals surface area contributed by atoms with E-state index in [1.807, 2.05) is 0 Å². The Morgan fingerprint density at radius 2 is 1.79 bits per heavy atom. The third-order valence-corrected chi connectivity index (χ3v) is 2.77. The van der Waals surface area contributed by atoms with Crippen molar-refractivity contribution in [2.45, 2.75) is 6.10 Å². The first kappa shape index (κ1) is 11.6. The summed E-state index contributed by atoms with van der Waals surface area (Å²) >= 11 is 17.2. The van der Waals surface area contributed by atoms with Crippen molar-refractivity contribution < 1.29 is 9.90 Å². The van der Waals surface area contributed by atoms with Gasteiger partial charge in [0, 0.05) is 10.6 Å². The lowest BCUT2D eigenvalue weighted by Crippen LogP contribution is -2.21. The number of hydrogen-bond donors (Lipinski definition) is 2. The lowest BCUT2D eigenvalue weighted by molar-refractivity contribution is -0.126. The van der Waals surface area contributed by atoms with E-state index in [0.717, 1.165) is 0 Å². The average molecular weight is 254 g/mol. The van der Waals surface area contributed by atoms with Crippen molar-refractivity contribution >= 4 is 40.7 Å². The molecule has 1 unspecified atom stereocenters. The molecule has 1 aromatic rings. The summed E-state index contributed by atoms with van der Waals surface area (Å²) in [4.78, 5) is 10.7. The molecular weight excluding hydrogens is 248 g/mol. The highest BCUT2D eigenvalue weighted by Gasteiger charge is 2.21. The maximum absolute atomic E-state index is 10.7. The van der Waals surface area contributed by atoms with Crippen molar-refractivity contribution in [2.75, 3.05) is 0 Å². The van der Waals surface area contributed by atoms with E-state index in [0.29, 0.717) is 0 Å². The summed E-state index contributed by atoms with van der Waals surface area (Å²) in [6.45, 7) is 0. The smallest absolute Gasteiger partial charge is 0.251 e. The molecule has 0 radical (unpaired) electrons. The zero-order chi connectivity index (χ0) is 10.9. The van der Waals surface area contributed by atoms with Gasteiger partial charge in [-0.05, 0) is 12.1 Å². The number of nitrogens with two attached hydrogens (primary N) is 1. The van der Waals surface area contributed by atoms with Crippen LogP contribution in [-0.2, 0) is 4.79 Å². The number of primary amides is 1. The van der Waals surface area contributed by atoms with Crippen molar-refractivity contribution in [1.82, 2.24) is 0 Å². The van der Waals surface area contributed by atoms with Gasteiger partial charge in [0.15, 0.2) is 6.10 Å². The van der Waals surface area contributed by atoms with Crippen LogP contribution in [0.15, 0.2) is 12.1 Å². The molecule has 0 fully saturated rings. The highest BCUT2D eigenvalue weighted by molar-refractivity contribution is 6.44. The fraction of sp³-hybridized carbons (Fsp3) is 0.125. The first-order valence-corrected chi connectivity index (χ1v) is 4.69. The molecule has 0 aliphatic heterocycles. The van der Waals surface area contributed by atoms with E-state index in [1.165, 1.54) is 12.1 Å². The average Bonchev–Trinajstić information content (AvgIpc) is 2.12. The van der Waals surface area contributed by atoms with Gasteiger partial charge in [-0.2, -0.15) is 0 Å². The summed E-state index contributed by atoms with van der Waals surface area (Å²) < 4.78 is 0. The summed E-state index contributed by atoms with van der Waals surface area (Å²) in [5.74, 6) is -0.934. The van der Waals surface area contributed by atoms with E-state index in [1.54, 1.807) is 0 Å². The van der Waals surface area contributed by atoms with Crippen molar-refractivity contribution in [1.29, 1.82) is 0 Å². The van der Waals surface area contributed by atoms with Crippen molar-refractivity contribution in [3.8, 4) is 0 Å². The van der Waals surface area contributed by atoms with Gasteiger partial charge < -0.3 is 10.8 Å². The summed E-state index contributed by atoms with van der Waals surface area (Å²) in [5.41, 5.74) is 4.94. The number of aliphatic hydroxyl groups is 1. The number of halogens is 3. The Hall–Kier alpha value is -0.480. The minimum Gasteiger partial charge on any atom is -0.378 e. The minimum atomic E-state index is -1.55. The molecule has 0 bridgehead atoms. The van der Waals surface area contributed by atoms with E-state index in [2.05, 4.69) is 0 Å². The molecule has 3 N–H and O–H groups in total. The molecule has 1 atom stereocenters. The molecule has 0 aliphatic rings. The first-order chi connectivity index (χ1) is 6.45. The van der Waals surface area contributed by atoms with Crippen LogP contribution in [0.25, 0.3) is 0 Å². The molecule has 0 aliphatic carbocycles. The zero-order valence-electron chi connectivity index (χ0n) is 6.80. The molecule has 76 valence electrons. The van der Waals surface area contributed by atoms with E-state index in [9.17, 15) is 9.90 Å². The van der Waals surface area contributed by atoms with Gasteiger partial charge in [-0.1, -0.05) is 34.8 Å². The molecule has 0 heterocycles. The van der Waals surface area contributed by atoms with Gasteiger partial charge in [0.25, 0.3) is 5.91 Å². The Bertz CT molecular complexity index is 381. The van der Waals surface area contributed by atoms with Crippen LogP contribution in [-0.4, -0.2) is 11.0 Å². The predicted molar refractivity (Wildman–Crippen MR) is 55.6 cm³/mol. The van der Waals surface area contributed by atoms with Gasteiger partial charge in [-0.25, -0.2) is 0 Å². The largest absolute Gasteiger partial charge is 0.378 e. The SMILES string of the molecule is NC(=O)C(O)c1c(Cl)ccc(Cl)c1Cl. The van der Waals surface area contributed by atoms with Crippen LogP contribution in [0.3, 0.4) is 0 Å². The summed E-state index contributed by atoms with van der Waals surface area (Å²) in [7, 11) is 0. The number of amides is 1. The molecule has 0 saturated heterocycles. The van der Waals surface area contributed by atoms with Crippen LogP contribution in [0.1, 0.15) is 11.7 Å². The van der Waals surface area contributed by atoms with Gasteiger partial charge in [-0.3, -0.25) is 4.79 Å². The number of hydrogen-bond acceptors (Lipinski definition) is 2. The van der Waals surface area contributed by atoms with E-state index < -0.39 is 12.0 Å². The normalized spacial score (nSPS) is 12.6. The highest BCUT2D eigenvalue weighted by atomic mass is 35.5. The standard InChI is InChI=1S/C8H6Cl3NO2/c9-3-1-2-4(10)6(11)5(3)7(13)8(12)14/h1-2,7,13H,(H2,12,14). The topological polar surface area (TPSA) is 63.3 Å².